The molecule has 1 atom stereocenters. The summed E-state index contributed by atoms with van der Waals surface area (Å²) in [6.07, 6.45) is 2.15. The van der Waals surface area contributed by atoms with Gasteiger partial charge in [-0.25, -0.2) is 0 Å². The number of benzene rings is 3. The van der Waals surface area contributed by atoms with Crippen molar-refractivity contribution in [3.63, 3.8) is 0 Å². The lowest BCUT2D eigenvalue weighted by Crippen LogP contribution is -2.32. The Morgan fingerprint density at radius 1 is 0.868 bits per heavy atom. The molecule has 3 aromatic carbocycles. The van der Waals surface area contributed by atoms with Crippen LogP contribution in [0.1, 0.15) is 39.6 Å². The molecule has 8 nitrogen and oxygen atoms in total. The van der Waals surface area contributed by atoms with Crippen molar-refractivity contribution < 1.29 is 32.9 Å². The monoisotopic (exact) mass is 513 g/mol. The lowest BCUT2D eigenvalue weighted by atomic mass is 9.87. The van der Waals surface area contributed by atoms with Crippen molar-refractivity contribution in [3.8, 4) is 28.7 Å². The molecule has 2 aliphatic heterocycles. The highest BCUT2D eigenvalue weighted by Crippen LogP contribution is 2.40. The summed E-state index contributed by atoms with van der Waals surface area (Å²) in [4.78, 5) is 15.3. The second kappa shape index (κ2) is 10.4. The normalized spacial score (nSPS) is 13.8. The Morgan fingerprint density at radius 2 is 1.61 bits per heavy atom. The van der Waals surface area contributed by atoms with E-state index in [1.165, 1.54) is 6.26 Å². The molecule has 1 amide bonds. The van der Waals surface area contributed by atoms with E-state index in [0.717, 1.165) is 28.2 Å². The highest BCUT2D eigenvalue weighted by atomic mass is 16.7. The Morgan fingerprint density at radius 3 is 2.37 bits per heavy atom. The van der Waals surface area contributed by atoms with Crippen molar-refractivity contribution in [1.82, 2.24) is 4.90 Å². The van der Waals surface area contributed by atoms with Crippen LogP contribution in [0.5, 0.6) is 28.7 Å². The van der Waals surface area contributed by atoms with E-state index in [1.54, 1.807) is 24.1 Å². The van der Waals surface area contributed by atoms with Crippen LogP contribution in [0.3, 0.4) is 0 Å². The number of furan rings is 1. The summed E-state index contributed by atoms with van der Waals surface area (Å²) in [6.45, 7) is 1.25. The summed E-state index contributed by atoms with van der Waals surface area (Å²) in [5.74, 6) is 3.66. The van der Waals surface area contributed by atoms with Crippen LogP contribution in [0.2, 0.25) is 0 Å². The van der Waals surface area contributed by atoms with Gasteiger partial charge in [0.25, 0.3) is 5.91 Å². The highest BCUT2D eigenvalue weighted by molar-refractivity contribution is 5.91. The van der Waals surface area contributed by atoms with Gasteiger partial charge >= 0.3 is 0 Å². The first-order valence-corrected chi connectivity index (χ1v) is 12.4. The Balaban J connectivity index is 1.31. The first-order valence-electron chi connectivity index (χ1n) is 12.4. The van der Waals surface area contributed by atoms with Crippen LogP contribution in [0.25, 0.3) is 0 Å². The number of carbonyl (C=O) groups is 1. The van der Waals surface area contributed by atoms with Crippen molar-refractivity contribution in [3.05, 3.63) is 102 Å². The van der Waals surface area contributed by atoms with Gasteiger partial charge in [0.05, 0.1) is 13.4 Å². The van der Waals surface area contributed by atoms with E-state index in [-0.39, 0.29) is 25.4 Å². The molecule has 0 aliphatic carbocycles. The summed E-state index contributed by atoms with van der Waals surface area (Å²) in [7, 11) is 1.67. The maximum atomic E-state index is 13.5. The van der Waals surface area contributed by atoms with Gasteiger partial charge in [-0.1, -0.05) is 30.3 Å². The van der Waals surface area contributed by atoms with Gasteiger partial charge in [0.15, 0.2) is 28.8 Å². The third kappa shape index (κ3) is 4.72. The van der Waals surface area contributed by atoms with Crippen molar-refractivity contribution in [2.75, 3.05) is 27.2 Å². The first kappa shape index (κ1) is 23.8. The smallest absolute Gasteiger partial charge is 0.289 e. The van der Waals surface area contributed by atoms with E-state index in [2.05, 4.69) is 6.07 Å². The van der Waals surface area contributed by atoms with Crippen LogP contribution in [0, 0.1) is 0 Å². The molecule has 0 spiro atoms. The lowest BCUT2D eigenvalue weighted by Gasteiger charge is -2.26. The SMILES string of the molecule is COc1ccccc1[C@H](CCN(Cc1ccc2c(c1)OCO2)C(=O)c1ccco1)c1ccc2c(c1)OCO2. The average molecular weight is 514 g/mol. The molecule has 4 aromatic rings. The van der Waals surface area contributed by atoms with Crippen molar-refractivity contribution >= 4 is 5.91 Å². The summed E-state index contributed by atoms with van der Waals surface area (Å²) in [5, 5.41) is 0. The van der Waals surface area contributed by atoms with E-state index in [1.807, 2.05) is 54.6 Å². The number of fused-ring (bicyclic) bond motifs is 2. The number of nitrogens with zero attached hydrogens (tertiary/aromatic N) is 1. The van der Waals surface area contributed by atoms with Crippen LogP contribution in [0.4, 0.5) is 0 Å². The Labute approximate surface area is 220 Å². The topological polar surface area (TPSA) is 79.6 Å². The van der Waals surface area contributed by atoms with Crippen LogP contribution in [0.15, 0.2) is 83.5 Å². The van der Waals surface area contributed by atoms with Crippen LogP contribution >= 0.6 is 0 Å². The third-order valence-corrected chi connectivity index (χ3v) is 6.83. The van der Waals surface area contributed by atoms with E-state index < -0.39 is 0 Å². The van der Waals surface area contributed by atoms with Gasteiger partial charge in [-0.3, -0.25) is 4.79 Å². The Kier molecular flexibility index (Phi) is 6.52. The van der Waals surface area contributed by atoms with Gasteiger partial charge in [0, 0.05) is 24.6 Å². The summed E-state index contributed by atoms with van der Waals surface area (Å²) in [6, 6.07) is 23.1. The van der Waals surface area contributed by atoms with Gasteiger partial charge in [-0.15, -0.1) is 0 Å². The average Bonchev–Trinajstić information content (AvgIpc) is 3.74. The lowest BCUT2D eigenvalue weighted by molar-refractivity contribution is 0.0706. The predicted molar refractivity (Wildman–Crippen MR) is 138 cm³/mol. The molecule has 0 N–H and O–H groups in total. The molecule has 8 heteroatoms. The summed E-state index contributed by atoms with van der Waals surface area (Å²) >= 11 is 0. The molecule has 38 heavy (non-hydrogen) atoms. The number of methoxy groups -OCH3 is 1. The number of para-hydroxylation sites is 1. The number of carbonyl (C=O) groups excluding carboxylic acids is 1. The van der Waals surface area contributed by atoms with E-state index in [0.29, 0.717) is 42.5 Å². The molecule has 194 valence electrons. The molecule has 1 aromatic heterocycles. The molecule has 0 radical (unpaired) electrons. The maximum absolute atomic E-state index is 13.5. The molecule has 0 fully saturated rings. The van der Waals surface area contributed by atoms with Gasteiger partial charge in [0.1, 0.15) is 5.75 Å². The number of amides is 1. The van der Waals surface area contributed by atoms with E-state index in [4.69, 9.17) is 28.1 Å². The summed E-state index contributed by atoms with van der Waals surface area (Å²) < 4.78 is 33.4. The molecular formula is C30H27NO7. The zero-order valence-corrected chi connectivity index (χ0v) is 20.9. The second-order valence-electron chi connectivity index (χ2n) is 9.09. The van der Waals surface area contributed by atoms with Crippen molar-refractivity contribution in [1.29, 1.82) is 0 Å². The molecule has 0 saturated heterocycles. The Hall–Kier alpha value is -4.59. The second-order valence-corrected chi connectivity index (χ2v) is 9.09. The fourth-order valence-electron chi connectivity index (χ4n) is 4.94. The summed E-state index contributed by atoms with van der Waals surface area (Å²) in [5.41, 5.74) is 3.01. The van der Waals surface area contributed by atoms with Gasteiger partial charge in [0.2, 0.25) is 13.6 Å². The van der Waals surface area contributed by atoms with Gasteiger partial charge < -0.3 is 33.0 Å². The molecule has 3 heterocycles. The highest BCUT2D eigenvalue weighted by Gasteiger charge is 2.26. The number of hydrogen-bond acceptors (Lipinski definition) is 7. The van der Waals surface area contributed by atoms with Crippen LogP contribution < -0.4 is 23.7 Å². The largest absolute Gasteiger partial charge is 0.496 e. The third-order valence-electron chi connectivity index (χ3n) is 6.83. The minimum absolute atomic E-state index is 0.0655. The molecular weight excluding hydrogens is 486 g/mol. The van der Waals surface area contributed by atoms with Crippen molar-refractivity contribution in [2.45, 2.75) is 18.9 Å². The zero-order chi connectivity index (χ0) is 25.9. The van der Waals surface area contributed by atoms with E-state index in [9.17, 15) is 4.79 Å². The fourth-order valence-corrected chi connectivity index (χ4v) is 4.94. The van der Waals surface area contributed by atoms with Gasteiger partial charge in [-0.2, -0.15) is 0 Å². The Bertz CT molecular complexity index is 1430. The zero-order valence-electron chi connectivity index (χ0n) is 20.9. The predicted octanol–water partition coefficient (Wildman–Crippen LogP) is 5.61. The molecule has 0 unspecified atom stereocenters. The van der Waals surface area contributed by atoms with Crippen LogP contribution in [-0.2, 0) is 6.54 Å². The minimum atomic E-state index is -0.183. The maximum Gasteiger partial charge on any atom is 0.289 e. The molecule has 0 saturated carbocycles. The quantitative estimate of drug-likeness (QED) is 0.288. The molecule has 6 rings (SSSR count). The number of ether oxygens (including phenoxy) is 5. The fraction of sp³-hybridized carbons (Fsp3) is 0.233. The molecule has 2 aliphatic rings. The van der Waals surface area contributed by atoms with E-state index >= 15 is 0 Å². The molecule has 0 bridgehead atoms. The van der Waals surface area contributed by atoms with Crippen LogP contribution in [-0.4, -0.2) is 38.0 Å². The standard InChI is InChI=1S/C30H27NO7/c1-33-24-6-3-2-5-23(24)22(21-9-11-26-29(16-21)38-19-36-26)12-13-31(30(32)27-7-4-14-34-27)17-20-8-10-25-28(15-20)37-18-35-25/h2-11,14-16,22H,12-13,17-19H2,1H3/t22-/m1/s1. The minimum Gasteiger partial charge on any atom is -0.496 e. The van der Waals surface area contributed by atoms with Crippen molar-refractivity contribution in [2.24, 2.45) is 0 Å². The number of rotatable bonds is 9. The first-order chi connectivity index (χ1) is 18.7. The number of hydrogen-bond donors (Lipinski definition) is 0. The van der Waals surface area contributed by atoms with Gasteiger partial charge in [-0.05, 0) is 60.0 Å².